The fourth-order valence-electron chi connectivity index (χ4n) is 2.88. The van der Waals surface area contributed by atoms with Crippen LogP contribution in [0.1, 0.15) is 29.7 Å². The van der Waals surface area contributed by atoms with E-state index in [4.69, 9.17) is 4.74 Å². The van der Waals surface area contributed by atoms with E-state index >= 15 is 0 Å². The van der Waals surface area contributed by atoms with Crippen LogP contribution in [-0.4, -0.2) is 31.3 Å². The largest absolute Gasteiger partial charge is 0.493 e. The van der Waals surface area contributed by atoms with Gasteiger partial charge in [-0.05, 0) is 23.8 Å². The van der Waals surface area contributed by atoms with Gasteiger partial charge in [0.25, 0.3) is 0 Å². The number of fused-ring (bicyclic) bond motifs is 1. The lowest BCUT2D eigenvalue weighted by Gasteiger charge is -2.28. The predicted octanol–water partition coefficient (Wildman–Crippen LogP) is 2.55. The number of benzene rings is 2. The van der Waals surface area contributed by atoms with Crippen LogP contribution in [0.3, 0.4) is 0 Å². The van der Waals surface area contributed by atoms with Crippen molar-refractivity contribution in [1.29, 1.82) is 0 Å². The Morgan fingerprint density at radius 2 is 2.16 bits per heavy atom. The minimum absolute atomic E-state index is 0.0856. The molecule has 5 nitrogen and oxygen atoms in total. The van der Waals surface area contributed by atoms with Crippen molar-refractivity contribution < 1.29 is 14.2 Å². The molecule has 0 saturated carbocycles. The summed E-state index contributed by atoms with van der Waals surface area (Å²) in [5.41, 5.74) is 1.61. The minimum Gasteiger partial charge on any atom is -0.493 e. The highest BCUT2D eigenvalue weighted by Gasteiger charge is 2.22. The van der Waals surface area contributed by atoms with Gasteiger partial charge in [0.05, 0.1) is 18.8 Å². The van der Waals surface area contributed by atoms with Crippen molar-refractivity contribution in [3.8, 4) is 5.75 Å². The van der Waals surface area contributed by atoms with Gasteiger partial charge in [-0.3, -0.25) is 4.99 Å². The van der Waals surface area contributed by atoms with Gasteiger partial charge >= 0.3 is 0 Å². The van der Waals surface area contributed by atoms with Crippen molar-refractivity contribution in [2.45, 2.75) is 18.6 Å². The fourth-order valence-corrected chi connectivity index (χ4v) is 2.88. The molecule has 2 aromatic rings. The van der Waals surface area contributed by atoms with Gasteiger partial charge in [-0.1, -0.05) is 30.3 Å². The van der Waals surface area contributed by atoms with Gasteiger partial charge in [-0.2, -0.15) is 0 Å². The number of aliphatic imine (C=N–C) groups is 1. The zero-order valence-corrected chi connectivity index (χ0v) is 14.1. The normalized spacial score (nSPS) is 18.0. The summed E-state index contributed by atoms with van der Waals surface area (Å²) in [6.07, 6.45) is 0.000635. The Labute approximate surface area is 146 Å². The Bertz CT molecular complexity index is 751. The van der Waals surface area contributed by atoms with E-state index in [-0.39, 0.29) is 18.4 Å². The fraction of sp³-hybridized carbons (Fsp3) is 0.316. The van der Waals surface area contributed by atoms with Crippen LogP contribution in [0.2, 0.25) is 0 Å². The zero-order chi connectivity index (χ0) is 17.6. The second-order valence-corrected chi connectivity index (χ2v) is 5.90. The quantitative estimate of drug-likeness (QED) is 0.590. The summed E-state index contributed by atoms with van der Waals surface area (Å²) in [4.78, 5) is 4.21. The van der Waals surface area contributed by atoms with E-state index in [1.807, 2.05) is 24.3 Å². The Morgan fingerprint density at radius 1 is 1.32 bits per heavy atom. The molecule has 2 aromatic carbocycles. The van der Waals surface area contributed by atoms with E-state index in [1.165, 1.54) is 12.1 Å². The van der Waals surface area contributed by atoms with Gasteiger partial charge in [-0.25, -0.2) is 4.39 Å². The molecule has 0 radical (unpaired) electrons. The molecule has 0 spiro atoms. The van der Waals surface area contributed by atoms with E-state index in [9.17, 15) is 9.50 Å². The molecule has 6 heteroatoms. The molecule has 1 heterocycles. The number of hydrogen-bond donors (Lipinski definition) is 3. The maximum absolute atomic E-state index is 13.3. The number of ether oxygens (including phenoxy) is 1. The first-order chi connectivity index (χ1) is 12.2. The average Bonchev–Trinajstić information content (AvgIpc) is 2.65. The number of aliphatic hydroxyl groups excluding tert-OH is 1. The van der Waals surface area contributed by atoms with Crippen LogP contribution in [0.5, 0.6) is 5.75 Å². The predicted molar refractivity (Wildman–Crippen MR) is 95.2 cm³/mol. The average molecular weight is 343 g/mol. The molecule has 1 aliphatic heterocycles. The second kappa shape index (κ2) is 7.98. The second-order valence-electron chi connectivity index (χ2n) is 5.90. The number of nitrogens with zero attached hydrogens (tertiary/aromatic N) is 1. The number of nitrogens with one attached hydrogen (secondary N) is 2. The molecule has 2 unspecified atom stereocenters. The van der Waals surface area contributed by atoms with E-state index in [0.717, 1.165) is 17.7 Å². The molecule has 2 atom stereocenters. The first-order valence-electron chi connectivity index (χ1n) is 8.30. The standard InChI is InChI=1S/C19H22FN3O2/c1-21-19(22-12-17(24)13-5-4-6-14(20)11-13)23-16-9-10-25-18-8-3-2-7-15(16)18/h2-8,11,16-17,24H,9-10,12H2,1H3,(H2,21,22,23). The summed E-state index contributed by atoms with van der Waals surface area (Å²) in [5, 5.41) is 16.7. The molecular weight excluding hydrogens is 321 g/mol. The highest BCUT2D eigenvalue weighted by Crippen LogP contribution is 2.31. The maximum atomic E-state index is 13.3. The van der Waals surface area contributed by atoms with Crippen molar-refractivity contribution in [1.82, 2.24) is 10.6 Å². The molecule has 0 bridgehead atoms. The zero-order valence-electron chi connectivity index (χ0n) is 14.1. The number of guanidine groups is 1. The number of hydrogen-bond acceptors (Lipinski definition) is 3. The molecular formula is C19H22FN3O2. The molecule has 0 aromatic heterocycles. The van der Waals surface area contributed by atoms with Crippen LogP contribution in [0.4, 0.5) is 4.39 Å². The number of halogens is 1. The van der Waals surface area contributed by atoms with Gasteiger partial charge in [-0.15, -0.1) is 0 Å². The molecule has 0 fully saturated rings. The lowest BCUT2D eigenvalue weighted by Crippen LogP contribution is -2.42. The molecule has 3 rings (SSSR count). The summed E-state index contributed by atoms with van der Waals surface area (Å²) in [6.45, 7) is 0.867. The van der Waals surface area contributed by atoms with Crippen molar-refractivity contribution in [3.05, 3.63) is 65.5 Å². The van der Waals surface area contributed by atoms with Crippen LogP contribution in [0.15, 0.2) is 53.5 Å². The molecule has 0 aliphatic carbocycles. The van der Waals surface area contributed by atoms with E-state index in [2.05, 4.69) is 15.6 Å². The first kappa shape index (κ1) is 17.2. The summed E-state index contributed by atoms with van der Waals surface area (Å²) >= 11 is 0. The van der Waals surface area contributed by atoms with Crippen LogP contribution >= 0.6 is 0 Å². The monoisotopic (exact) mass is 343 g/mol. The maximum Gasteiger partial charge on any atom is 0.191 e. The Hall–Kier alpha value is -2.60. The van der Waals surface area contributed by atoms with Crippen LogP contribution in [-0.2, 0) is 0 Å². The third-order valence-electron chi connectivity index (χ3n) is 4.19. The third-order valence-corrected chi connectivity index (χ3v) is 4.19. The summed E-state index contributed by atoms with van der Waals surface area (Å²) in [5.74, 6) is 1.09. The smallest absolute Gasteiger partial charge is 0.191 e. The Kier molecular flexibility index (Phi) is 5.50. The number of rotatable bonds is 4. The van der Waals surface area contributed by atoms with Gasteiger partial charge in [0, 0.05) is 25.6 Å². The van der Waals surface area contributed by atoms with Gasteiger partial charge in [0.2, 0.25) is 0 Å². The topological polar surface area (TPSA) is 65.9 Å². The van der Waals surface area contributed by atoms with Gasteiger partial charge in [0.15, 0.2) is 5.96 Å². The van der Waals surface area contributed by atoms with E-state index < -0.39 is 6.10 Å². The lowest BCUT2D eigenvalue weighted by atomic mass is 10.0. The van der Waals surface area contributed by atoms with Crippen molar-refractivity contribution in [3.63, 3.8) is 0 Å². The van der Waals surface area contributed by atoms with E-state index in [0.29, 0.717) is 18.1 Å². The molecule has 132 valence electrons. The van der Waals surface area contributed by atoms with Crippen molar-refractivity contribution >= 4 is 5.96 Å². The summed E-state index contributed by atoms with van der Waals surface area (Å²) in [6, 6.07) is 14.0. The van der Waals surface area contributed by atoms with E-state index in [1.54, 1.807) is 19.2 Å². The Morgan fingerprint density at radius 3 is 2.96 bits per heavy atom. The van der Waals surface area contributed by atoms with Crippen LogP contribution in [0, 0.1) is 5.82 Å². The molecule has 25 heavy (non-hydrogen) atoms. The summed E-state index contributed by atoms with van der Waals surface area (Å²) < 4.78 is 18.9. The van der Waals surface area contributed by atoms with Crippen LogP contribution < -0.4 is 15.4 Å². The van der Waals surface area contributed by atoms with Crippen molar-refractivity contribution in [2.24, 2.45) is 4.99 Å². The Balaban J connectivity index is 1.61. The van der Waals surface area contributed by atoms with Crippen molar-refractivity contribution in [2.75, 3.05) is 20.2 Å². The molecule has 3 N–H and O–H groups in total. The first-order valence-corrected chi connectivity index (χ1v) is 8.30. The molecule has 0 amide bonds. The number of para-hydroxylation sites is 1. The third kappa shape index (κ3) is 4.28. The minimum atomic E-state index is -0.823. The van der Waals surface area contributed by atoms with Gasteiger partial charge in [0.1, 0.15) is 11.6 Å². The van der Waals surface area contributed by atoms with Crippen LogP contribution in [0.25, 0.3) is 0 Å². The molecule has 0 saturated heterocycles. The lowest BCUT2D eigenvalue weighted by molar-refractivity contribution is 0.180. The van der Waals surface area contributed by atoms with Gasteiger partial charge < -0.3 is 20.5 Å². The SMILES string of the molecule is CN=C(NCC(O)c1cccc(F)c1)NC1CCOc2ccccc21. The highest BCUT2D eigenvalue weighted by molar-refractivity contribution is 5.80. The highest BCUT2D eigenvalue weighted by atomic mass is 19.1. The molecule has 1 aliphatic rings. The summed E-state index contributed by atoms with van der Waals surface area (Å²) in [7, 11) is 1.68. The number of aliphatic hydroxyl groups is 1.